The number of carboxylic acids is 1. The van der Waals surface area contributed by atoms with Crippen molar-refractivity contribution in [2.45, 2.75) is 25.3 Å². The van der Waals surface area contributed by atoms with E-state index in [9.17, 15) is 14.7 Å². The molecule has 0 radical (unpaired) electrons. The lowest BCUT2D eigenvalue weighted by atomic mass is 10.0. The zero-order chi connectivity index (χ0) is 25.2. The molecule has 1 aromatic heterocycles. The van der Waals surface area contributed by atoms with Crippen LogP contribution in [0.4, 0.5) is 5.69 Å². The lowest BCUT2D eigenvalue weighted by molar-refractivity contribution is -0.113. The fourth-order valence-corrected chi connectivity index (χ4v) is 4.80. The van der Waals surface area contributed by atoms with Crippen LogP contribution in [0.5, 0.6) is 11.6 Å². The molecule has 0 saturated carbocycles. The second-order valence-electron chi connectivity index (χ2n) is 8.57. The van der Waals surface area contributed by atoms with Crippen LogP contribution in [0.15, 0.2) is 71.8 Å². The first-order valence-corrected chi connectivity index (χ1v) is 12.4. The van der Waals surface area contributed by atoms with Crippen LogP contribution in [0.25, 0.3) is 11.4 Å². The molecular formula is C28H23N3O4S. The first-order chi connectivity index (χ1) is 17.4. The molecule has 2 heterocycles. The minimum absolute atomic E-state index is 0.0920. The fourth-order valence-electron chi connectivity index (χ4n) is 3.98. The van der Waals surface area contributed by atoms with Gasteiger partial charge in [0.15, 0.2) is 5.82 Å². The van der Waals surface area contributed by atoms with Crippen LogP contribution in [0.1, 0.15) is 32.6 Å². The zero-order valence-corrected chi connectivity index (χ0v) is 20.6. The Morgan fingerprint density at radius 3 is 2.58 bits per heavy atom. The second kappa shape index (κ2) is 9.83. The molecule has 8 heteroatoms. The molecule has 0 aliphatic carbocycles. The van der Waals surface area contributed by atoms with E-state index >= 15 is 0 Å². The van der Waals surface area contributed by atoms with Gasteiger partial charge in [0.2, 0.25) is 11.8 Å². The van der Waals surface area contributed by atoms with Crippen LogP contribution >= 0.6 is 11.8 Å². The first-order valence-electron chi connectivity index (χ1n) is 11.4. The Labute approximate surface area is 212 Å². The summed E-state index contributed by atoms with van der Waals surface area (Å²) >= 11 is 1.30. The minimum atomic E-state index is -1.05. The van der Waals surface area contributed by atoms with Crippen molar-refractivity contribution in [3.05, 3.63) is 94.5 Å². The minimum Gasteiger partial charge on any atom is -0.478 e. The van der Waals surface area contributed by atoms with Crippen LogP contribution < -0.4 is 10.1 Å². The number of fused-ring (bicyclic) bond motifs is 2. The highest BCUT2D eigenvalue weighted by molar-refractivity contribution is 8.00. The summed E-state index contributed by atoms with van der Waals surface area (Å²) in [6, 6.07) is 20.1. The number of thioether (sulfide) groups is 1. The molecule has 1 aliphatic rings. The van der Waals surface area contributed by atoms with Crippen molar-refractivity contribution < 1.29 is 19.4 Å². The summed E-state index contributed by atoms with van der Waals surface area (Å²) in [6.07, 6.45) is 0.602. The molecule has 0 saturated heterocycles. The smallest absolute Gasteiger partial charge is 0.335 e. The van der Waals surface area contributed by atoms with Gasteiger partial charge < -0.3 is 15.2 Å². The summed E-state index contributed by atoms with van der Waals surface area (Å²) in [5.41, 5.74) is 5.46. The van der Waals surface area contributed by atoms with Gasteiger partial charge in [0.1, 0.15) is 10.8 Å². The predicted molar refractivity (Wildman–Crippen MR) is 139 cm³/mol. The van der Waals surface area contributed by atoms with Gasteiger partial charge in [-0.2, -0.15) is 4.98 Å². The van der Waals surface area contributed by atoms with Gasteiger partial charge in [0.25, 0.3) is 0 Å². The number of aromatic nitrogens is 2. The molecular weight excluding hydrogens is 474 g/mol. The molecule has 180 valence electrons. The normalized spacial score (nSPS) is 11.7. The first kappa shape index (κ1) is 23.6. The molecule has 1 amide bonds. The molecule has 7 nitrogen and oxygen atoms in total. The van der Waals surface area contributed by atoms with Crippen LogP contribution in [-0.2, 0) is 11.2 Å². The Kier molecular flexibility index (Phi) is 6.43. The van der Waals surface area contributed by atoms with E-state index in [-0.39, 0.29) is 17.2 Å². The number of ether oxygens (including phenoxy) is 1. The van der Waals surface area contributed by atoms with Gasteiger partial charge in [-0.05, 0) is 43.2 Å². The Morgan fingerprint density at radius 2 is 1.81 bits per heavy atom. The van der Waals surface area contributed by atoms with Crippen molar-refractivity contribution in [2.75, 3.05) is 11.1 Å². The number of nitrogens with one attached hydrogen (secondary N) is 1. The largest absolute Gasteiger partial charge is 0.478 e. The fraction of sp³-hybridized carbons (Fsp3) is 0.143. The summed E-state index contributed by atoms with van der Waals surface area (Å²) in [5, 5.41) is 12.6. The monoisotopic (exact) mass is 497 g/mol. The van der Waals surface area contributed by atoms with E-state index in [0.717, 1.165) is 33.6 Å². The third kappa shape index (κ3) is 4.94. The van der Waals surface area contributed by atoms with E-state index in [1.165, 1.54) is 23.9 Å². The van der Waals surface area contributed by atoms with E-state index in [1.54, 1.807) is 12.1 Å². The van der Waals surface area contributed by atoms with Crippen molar-refractivity contribution in [3.63, 3.8) is 0 Å². The average molecular weight is 498 g/mol. The van der Waals surface area contributed by atoms with Crippen LogP contribution in [0, 0.1) is 13.8 Å². The maximum atomic E-state index is 12.7. The number of nitrogens with zero attached hydrogens (tertiary/aromatic N) is 2. The summed E-state index contributed by atoms with van der Waals surface area (Å²) in [7, 11) is 0. The number of carbonyl (C=O) groups is 2. The van der Waals surface area contributed by atoms with E-state index in [1.807, 2.05) is 56.3 Å². The van der Waals surface area contributed by atoms with E-state index in [4.69, 9.17) is 14.7 Å². The van der Waals surface area contributed by atoms with Gasteiger partial charge in [-0.25, -0.2) is 9.78 Å². The number of rotatable bonds is 6. The Balaban J connectivity index is 1.43. The van der Waals surface area contributed by atoms with E-state index in [2.05, 4.69) is 5.32 Å². The van der Waals surface area contributed by atoms with Crippen molar-refractivity contribution in [1.82, 2.24) is 9.97 Å². The molecule has 2 N–H and O–H groups in total. The highest BCUT2D eigenvalue weighted by atomic mass is 32.2. The predicted octanol–water partition coefficient (Wildman–Crippen LogP) is 5.89. The average Bonchev–Trinajstić information content (AvgIpc) is 2.87. The van der Waals surface area contributed by atoms with Crippen LogP contribution in [0.2, 0.25) is 0 Å². The van der Waals surface area contributed by atoms with Gasteiger partial charge >= 0.3 is 5.97 Å². The quantitative estimate of drug-likeness (QED) is 0.223. The van der Waals surface area contributed by atoms with Gasteiger partial charge in [-0.15, -0.1) is 0 Å². The SMILES string of the molecule is Cc1ccc(-c2nc3c(c(SCC(=O)Nc4cccc(C(=O)O)c4)n2)Cc2cccc(C)c2O3)cc1. The molecule has 36 heavy (non-hydrogen) atoms. The Morgan fingerprint density at radius 1 is 1.03 bits per heavy atom. The number of hydrogen-bond acceptors (Lipinski definition) is 6. The topological polar surface area (TPSA) is 101 Å². The maximum absolute atomic E-state index is 12.7. The van der Waals surface area contributed by atoms with Gasteiger partial charge in [0.05, 0.1) is 16.9 Å². The Hall–Kier alpha value is -4.17. The molecule has 0 atom stereocenters. The van der Waals surface area contributed by atoms with Crippen molar-refractivity contribution in [2.24, 2.45) is 0 Å². The number of carbonyl (C=O) groups excluding carboxylic acids is 1. The van der Waals surface area contributed by atoms with Crippen LogP contribution in [-0.4, -0.2) is 32.7 Å². The zero-order valence-electron chi connectivity index (χ0n) is 19.7. The molecule has 0 fully saturated rings. The number of para-hydroxylation sites is 1. The number of anilines is 1. The Bertz CT molecular complexity index is 1490. The second-order valence-corrected chi connectivity index (χ2v) is 9.53. The molecule has 1 aliphatic heterocycles. The van der Waals surface area contributed by atoms with Crippen molar-refractivity contribution >= 4 is 29.3 Å². The molecule has 5 rings (SSSR count). The highest BCUT2D eigenvalue weighted by Crippen LogP contribution is 2.41. The van der Waals surface area contributed by atoms with Gasteiger partial charge in [-0.1, -0.05) is 65.9 Å². The molecule has 4 aromatic rings. The van der Waals surface area contributed by atoms with Crippen molar-refractivity contribution in [1.29, 1.82) is 0 Å². The maximum Gasteiger partial charge on any atom is 0.335 e. The van der Waals surface area contributed by atoms with Crippen molar-refractivity contribution in [3.8, 4) is 23.0 Å². The third-order valence-electron chi connectivity index (χ3n) is 5.83. The summed E-state index contributed by atoms with van der Waals surface area (Å²) in [6.45, 7) is 4.03. The number of benzene rings is 3. The third-order valence-corrected chi connectivity index (χ3v) is 6.85. The summed E-state index contributed by atoms with van der Waals surface area (Å²) in [4.78, 5) is 33.5. The highest BCUT2D eigenvalue weighted by Gasteiger charge is 2.25. The molecule has 0 spiro atoms. The lowest BCUT2D eigenvalue weighted by Crippen LogP contribution is -2.15. The van der Waals surface area contributed by atoms with Gasteiger partial charge in [0, 0.05) is 17.7 Å². The van der Waals surface area contributed by atoms with Gasteiger partial charge in [-0.3, -0.25) is 4.79 Å². The van der Waals surface area contributed by atoms with E-state index in [0.29, 0.717) is 28.8 Å². The number of hydrogen-bond donors (Lipinski definition) is 2. The lowest BCUT2D eigenvalue weighted by Gasteiger charge is -2.23. The molecule has 3 aromatic carbocycles. The number of aromatic carboxylic acids is 1. The number of carboxylic acid groups (broad SMARTS) is 1. The number of amides is 1. The molecule has 0 unspecified atom stereocenters. The number of aryl methyl sites for hydroxylation is 2. The summed E-state index contributed by atoms with van der Waals surface area (Å²) in [5.74, 6) is 0.620. The van der Waals surface area contributed by atoms with Crippen LogP contribution in [0.3, 0.4) is 0 Å². The summed E-state index contributed by atoms with van der Waals surface area (Å²) < 4.78 is 6.25. The molecule has 0 bridgehead atoms. The van der Waals surface area contributed by atoms with E-state index < -0.39 is 5.97 Å². The standard InChI is InChI=1S/C28H23N3O4S/c1-16-9-11-18(12-10-16)25-30-26-22(14-19-6-3-5-17(2)24(19)35-26)27(31-25)36-15-23(32)29-21-8-4-7-20(13-21)28(33)34/h3-13H,14-15H2,1-2H3,(H,29,32)(H,33,34).